The number of nitrogens with zero attached hydrogens (tertiary/aromatic N) is 1. The van der Waals surface area contributed by atoms with E-state index in [0.717, 1.165) is 31.1 Å². The number of aromatic nitrogens is 1. The van der Waals surface area contributed by atoms with E-state index in [0.29, 0.717) is 23.5 Å². The number of rotatable bonds is 2. The second kappa shape index (κ2) is 5.61. The lowest BCUT2D eigenvalue weighted by Gasteiger charge is -2.20. The number of aromatic amines is 1. The number of hydrogen-bond acceptors (Lipinski definition) is 3. The van der Waals surface area contributed by atoms with Crippen LogP contribution in [-0.4, -0.2) is 30.8 Å². The molecule has 6 heteroatoms. The summed E-state index contributed by atoms with van der Waals surface area (Å²) < 4.78 is 27.0. The third kappa shape index (κ3) is 2.87. The first kappa shape index (κ1) is 14.3. The molecule has 2 aromatic rings. The van der Waals surface area contributed by atoms with Crippen LogP contribution in [-0.2, 0) is 10.0 Å². The Morgan fingerprint density at radius 3 is 2.38 bits per heavy atom. The molecule has 1 N–H and O–H groups in total. The first-order chi connectivity index (χ1) is 10.1. The van der Waals surface area contributed by atoms with E-state index in [1.807, 2.05) is 0 Å². The van der Waals surface area contributed by atoms with Crippen LogP contribution >= 0.6 is 0 Å². The number of hydrogen-bond donors (Lipinski definition) is 1. The van der Waals surface area contributed by atoms with Crippen LogP contribution in [0, 0.1) is 0 Å². The van der Waals surface area contributed by atoms with Crippen molar-refractivity contribution in [1.82, 2.24) is 9.29 Å². The van der Waals surface area contributed by atoms with Gasteiger partial charge in [-0.3, -0.25) is 4.79 Å². The third-order valence-corrected chi connectivity index (χ3v) is 5.79. The maximum atomic E-state index is 12.7. The van der Waals surface area contributed by atoms with E-state index in [-0.39, 0.29) is 5.56 Å². The van der Waals surface area contributed by atoms with Gasteiger partial charge in [0, 0.05) is 24.7 Å². The molecule has 0 atom stereocenters. The maximum absolute atomic E-state index is 12.7. The highest BCUT2D eigenvalue weighted by atomic mass is 32.2. The Morgan fingerprint density at radius 1 is 0.952 bits per heavy atom. The van der Waals surface area contributed by atoms with Gasteiger partial charge in [-0.05, 0) is 42.5 Å². The van der Waals surface area contributed by atoms with Gasteiger partial charge in [-0.25, -0.2) is 8.42 Å². The molecule has 3 rings (SSSR count). The fourth-order valence-corrected chi connectivity index (χ4v) is 4.28. The number of H-pyrrole nitrogens is 1. The Kier molecular flexibility index (Phi) is 3.82. The topological polar surface area (TPSA) is 70.2 Å². The van der Waals surface area contributed by atoms with E-state index >= 15 is 0 Å². The highest BCUT2D eigenvalue weighted by Crippen LogP contribution is 2.22. The smallest absolute Gasteiger partial charge is 0.248 e. The van der Waals surface area contributed by atoms with Crippen LogP contribution < -0.4 is 5.56 Å². The molecule has 1 aromatic heterocycles. The molecule has 0 spiro atoms. The summed E-state index contributed by atoms with van der Waals surface area (Å²) >= 11 is 0. The molecular weight excluding hydrogens is 288 g/mol. The van der Waals surface area contributed by atoms with Crippen molar-refractivity contribution in [3.63, 3.8) is 0 Å². The molecule has 0 saturated carbocycles. The normalized spacial score (nSPS) is 17.7. The van der Waals surface area contributed by atoms with Gasteiger partial charge in [0.05, 0.1) is 4.90 Å². The minimum Gasteiger partial charge on any atom is -0.322 e. The average Bonchev–Trinajstić information content (AvgIpc) is 2.76. The minimum atomic E-state index is -3.45. The predicted octanol–water partition coefficient (Wildman–Crippen LogP) is 2.09. The molecule has 0 bridgehead atoms. The van der Waals surface area contributed by atoms with Gasteiger partial charge in [-0.15, -0.1) is 0 Å². The summed E-state index contributed by atoms with van der Waals surface area (Å²) in [5, 5.41) is 0.727. The molecule has 1 aromatic carbocycles. The molecule has 112 valence electrons. The van der Waals surface area contributed by atoms with Crippen molar-refractivity contribution in [3.05, 3.63) is 40.7 Å². The molecule has 21 heavy (non-hydrogen) atoms. The van der Waals surface area contributed by atoms with Gasteiger partial charge in [0.1, 0.15) is 0 Å². The van der Waals surface area contributed by atoms with Gasteiger partial charge < -0.3 is 4.98 Å². The molecule has 0 amide bonds. The van der Waals surface area contributed by atoms with Gasteiger partial charge >= 0.3 is 0 Å². The van der Waals surface area contributed by atoms with Crippen molar-refractivity contribution in [2.24, 2.45) is 0 Å². The standard InChI is InChI=1S/C15H18N2O3S/c18-15-8-5-12-11-13(6-7-14(12)16-15)21(19,20)17-9-3-1-2-4-10-17/h5-8,11H,1-4,9-10H2,(H,16,18). The lowest BCUT2D eigenvalue weighted by atomic mass is 10.2. The van der Waals surface area contributed by atoms with Crippen molar-refractivity contribution in [1.29, 1.82) is 0 Å². The van der Waals surface area contributed by atoms with Crippen LogP contribution in [0.25, 0.3) is 10.9 Å². The van der Waals surface area contributed by atoms with Crippen LogP contribution in [0.15, 0.2) is 40.0 Å². The van der Waals surface area contributed by atoms with Crippen molar-refractivity contribution in [3.8, 4) is 0 Å². The van der Waals surface area contributed by atoms with Gasteiger partial charge in [-0.2, -0.15) is 4.31 Å². The number of fused-ring (bicyclic) bond motifs is 1. The van der Waals surface area contributed by atoms with Crippen molar-refractivity contribution in [2.45, 2.75) is 30.6 Å². The molecule has 2 heterocycles. The SMILES string of the molecule is O=c1ccc2cc(S(=O)(=O)N3CCCCCC3)ccc2[nH]1. The summed E-state index contributed by atoms with van der Waals surface area (Å²) in [6.07, 6.45) is 4.01. The van der Waals surface area contributed by atoms with Crippen molar-refractivity contribution in [2.75, 3.05) is 13.1 Å². The predicted molar refractivity (Wildman–Crippen MR) is 81.8 cm³/mol. The van der Waals surface area contributed by atoms with Crippen molar-refractivity contribution >= 4 is 20.9 Å². The summed E-state index contributed by atoms with van der Waals surface area (Å²) in [6, 6.07) is 7.91. The Balaban J connectivity index is 2.01. The Morgan fingerprint density at radius 2 is 1.67 bits per heavy atom. The van der Waals surface area contributed by atoms with Crippen LogP contribution in [0.4, 0.5) is 0 Å². The van der Waals surface area contributed by atoms with E-state index in [2.05, 4.69) is 4.98 Å². The second-order valence-corrected chi connectivity index (χ2v) is 7.33. The first-order valence-corrected chi connectivity index (χ1v) is 8.65. The summed E-state index contributed by atoms with van der Waals surface area (Å²) in [5.41, 5.74) is 0.461. The molecule has 1 saturated heterocycles. The van der Waals surface area contributed by atoms with Gasteiger partial charge in [-0.1, -0.05) is 12.8 Å². The number of sulfonamides is 1. The highest BCUT2D eigenvalue weighted by molar-refractivity contribution is 7.89. The van der Waals surface area contributed by atoms with Crippen LogP contribution in [0.2, 0.25) is 0 Å². The fraction of sp³-hybridized carbons (Fsp3) is 0.400. The maximum Gasteiger partial charge on any atom is 0.248 e. The molecular formula is C15H18N2O3S. The first-order valence-electron chi connectivity index (χ1n) is 7.21. The fourth-order valence-electron chi connectivity index (χ4n) is 2.72. The van der Waals surface area contributed by atoms with Crippen LogP contribution in [0.3, 0.4) is 0 Å². The van der Waals surface area contributed by atoms with Gasteiger partial charge in [0.25, 0.3) is 0 Å². The number of benzene rings is 1. The largest absolute Gasteiger partial charge is 0.322 e. The second-order valence-electron chi connectivity index (χ2n) is 5.39. The molecule has 1 aliphatic heterocycles. The average molecular weight is 306 g/mol. The van der Waals surface area contributed by atoms with Crippen LogP contribution in [0.1, 0.15) is 25.7 Å². The minimum absolute atomic E-state index is 0.189. The molecule has 5 nitrogen and oxygen atoms in total. The number of pyridine rings is 1. The van der Waals surface area contributed by atoms with Gasteiger partial charge in [0.15, 0.2) is 0 Å². The lowest BCUT2D eigenvalue weighted by Crippen LogP contribution is -2.31. The molecule has 0 radical (unpaired) electrons. The Hall–Kier alpha value is -1.66. The molecule has 1 aliphatic rings. The van der Waals surface area contributed by atoms with Crippen molar-refractivity contribution < 1.29 is 8.42 Å². The Labute approximate surface area is 123 Å². The number of nitrogens with one attached hydrogen (secondary N) is 1. The zero-order valence-electron chi connectivity index (χ0n) is 11.7. The monoisotopic (exact) mass is 306 g/mol. The van der Waals surface area contributed by atoms with E-state index < -0.39 is 10.0 Å². The zero-order chi connectivity index (χ0) is 14.9. The van der Waals surface area contributed by atoms with Gasteiger partial charge in [0.2, 0.25) is 15.6 Å². The summed E-state index contributed by atoms with van der Waals surface area (Å²) in [6.45, 7) is 1.18. The van der Waals surface area contributed by atoms with E-state index in [9.17, 15) is 13.2 Å². The van der Waals surface area contributed by atoms with E-state index in [1.54, 1.807) is 28.6 Å². The quantitative estimate of drug-likeness (QED) is 0.923. The lowest BCUT2D eigenvalue weighted by molar-refractivity contribution is 0.424. The third-order valence-electron chi connectivity index (χ3n) is 3.90. The van der Waals surface area contributed by atoms with E-state index in [1.165, 1.54) is 6.07 Å². The summed E-state index contributed by atoms with van der Waals surface area (Å²) in [4.78, 5) is 14.3. The van der Waals surface area contributed by atoms with Crippen LogP contribution in [0.5, 0.6) is 0 Å². The molecule has 0 unspecified atom stereocenters. The summed E-state index contributed by atoms with van der Waals surface area (Å²) in [5.74, 6) is 0. The molecule has 0 aliphatic carbocycles. The molecule has 1 fully saturated rings. The zero-order valence-corrected chi connectivity index (χ0v) is 12.5. The highest BCUT2D eigenvalue weighted by Gasteiger charge is 2.25. The Bertz CT molecular complexity index is 803. The van der Waals surface area contributed by atoms with E-state index in [4.69, 9.17) is 0 Å². The summed E-state index contributed by atoms with van der Waals surface area (Å²) in [7, 11) is -3.45.